The number of piperazine rings is 1. The molecule has 1 amide bonds. The molecule has 0 bridgehead atoms. The van der Waals surface area contributed by atoms with E-state index >= 15 is 0 Å². The molecule has 0 saturated carbocycles. The molecule has 1 fully saturated rings. The minimum absolute atomic E-state index is 0.00432. The van der Waals surface area contributed by atoms with Gasteiger partial charge in [0.15, 0.2) is 5.69 Å². The van der Waals surface area contributed by atoms with E-state index in [1.165, 1.54) is 16.8 Å². The molecule has 0 aliphatic carbocycles. The number of carbonyl (C=O) groups excluding carboxylic acids is 1. The van der Waals surface area contributed by atoms with Crippen molar-refractivity contribution >= 4 is 22.9 Å². The normalized spacial score (nSPS) is 14.7. The van der Waals surface area contributed by atoms with E-state index in [-0.39, 0.29) is 5.91 Å². The van der Waals surface area contributed by atoms with Gasteiger partial charge in [-0.2, -0.15) is 5.10 Å². The molecule has 0 atom stereocenters. The second kappa shape index (κ2) is 6.96. The fraction of sp³-hybridized carbons (Fsp3) is 0.300. The Morgan fingerprint density at radius 1 is 1.12 bits per heavy atom. The third-order valence-electron chi connectivity index (χ3n) is 4.86. The maximum Gasteiger partial charge on any atom is 0.274 e. The molecule has 26 heavy (non-hydrogen) atoms. The minimum Gasteiger partial charge on any atom is -0.368 e. The van der Waals surface area contributed by atoms with Gasteiger partial charge in [0.25, 0.3) is 5.91 Å². The summed E-state index contributed by atoms with van der Waals surface area (Å²) >= 11 is 1.63. The van der Waals surface area contributed by atoms with Gasteiger partial charge in [-0.3, -0.25) is 9.89 Å². The van der Waals surface area contributed by atoms with Gasteiger partial charge in [-0.1, -0.05) is 18.2 Å². The summed E-state index contributed by atoms with van der Waals surface area (Å²) in [5, 5.41) is 9.22. The predicted octanol–water partition coefficient (Wildman–Crippen LogP) is 3.72. The smallest absolute Gasteiger partial charge is 0.274 e. The molecular weight excluding hydrogens is 344 g/mol. The van der Waals surface area contributed by atoms with Gasteiger partial charge in [0.1, 0.15) is 0 Å². The zero-order valence-corrected chi connectivity index (χ0v) is 15.8. The number of hydrogen-bond acceptors (Lipinski definition) is 4. The monoisotopic (exact) mass is 366 g/mol. The molecule has 1 aliphatic heterocycles. The van der Waals surface area contributed by atoms with Crippen LogP contribution in [0.15, 0.2) is 41.8 Å². The van der Waals surface area contributed by atoms with Crippen molar-refractivity contribution in [1.29, 1.82) is 0 Å². The summed E-state index contributed by atoms with van der Waals surface area (Å²) in [4.78, 5) is 18.1. The van der Waals surface area contributed by atoms with E-state index in [2.05, 4.69) is 47.1 Å². The molecule has 6 heteroatoms. The van der Waals surface area contributed by atoms with Gasteiger partial charge in [0, 0.05) is 31.9 Å². The first-order chi connectivity index (χ1) is 12.6. The Morgan fingerprint density at radius 3 is 2.65 bits per heavy atom. The van der Waals surface area contributed by atoms with Crippen molar-refractivity contribution in [3.63, 3.8) is 0 Å². The molecule has 134 valence electrons. The zero-order valence-electron chi connectivity index (χ0n) is 15.0. The van der Waals surface area contributed by atoms with E-state index < -0.39 is 0 Å². The molecule has 1 aliphatic rings. The highest BCUT2D eigenvalue weighted by atomic mass is 32.1. The number of thiophene rings is 1. The van der Waals surface area contributed by atoms with E-state index in [0.29, 0.717) is 18.8 Å². The van der Waals surface area contributed by atoms with E-state index in [1.807, 2.05) is 28.5 Å². The third-order valence-corrected chi connectivity index (χ3v) is 5.76. The van der Waals surface area contributed by atoms with Crippen LogP contribution in [0.2, 0.25) is 0 Å². The third kappa shape index (κ3) is 3.24. The summed E-state index contributed by atoms with van der Waals surface area (Å²) in [7, 11) is 0. The molecule has 5 nitrogen and oxygen atoms in total. The van der Waals surface area contributed by atoms with Crippen LogP contribution in [-0.4, -0.2) is 47.2 Å². The molecule has 3 heterocycles. The van der Waals surface area contributed by atoms with E-state index in [1.54, 1.807) is 11.3 Å². The number of amides is 1. The van der Waals surface area contributed by atoms with E-state index in [0.717, 1.165) is 23.7 Å². The molecule has 0 spiro atoms. The number of aromatic nitrogens is 2. The standard InChI is InChI=1S/C20H22N4OS/c1-14-5-6-15(2)18(12-14)23-7-9-24(10-8-23)20(25)17-13-16(21-22-17)19-4-3-11-26-19/h3-6,11-13H,7-10H2,1-2H3,(H,21,22). The lowest BCUT2D eigenvalue weighted by molar-refractivity contribution is 0.0741. The van der Waals surface area contributed by atoms with Crippen molar-refractivity contribution in [3.8, 4) is 10.6 Å². The van der Waals surface area contributed by atoms with Crippen LogP contribution in [0, 0.1) is 13.8 Å². The summed E-state index contributed by atoms with van der Waals surface area (Å²) in [6.07, 6.45) is 0. The van der Waals surface area contributed by atoms with Crippen LogP contribution in [0.25, 0.3) is 10.6 Å². The summed E-state index contributed by atoms with van der Waals surface area (Å²) in [5.41, 5.74) is 5.22. The maximum absolute atomic E-state index is 12.8. The first-order valence-corrected chi connectivity index (χ1v) is 9.70. The van der Waals surface area contributed by atoms with Crippen molar-refractivity contribution in [2.24, 2.45) is 0 Å². The van der Waals surface area contributed by atoms with Gasteiger partial charge in [-0.15, -0.1) is 11.3 Å². The number of aromatic amines is 1. The molecule has 3 aromatic rings. The average Bonchev–Trinajstić information content (AvgIpc) is 3.35. The maximum atomic E-state index is 12.8. The Labute approximate surface area is 157 Å². The van der Waals surface area contributed by atoms with Crippen LogP contribution < -0.4 is 4.90 Å². The van der Waals surface area contributed by atoms with Crippen LogP contribution in [-0.2, 0) is 0 Å². The highest BCUT2D eigenvalue weighted by molar-refractivity contribution is 7.13. The number of nitrogens with zero attached hydrogens (tertiary/aromatic N) is 3. The lowest BCUT2D eigenvalue weighted by Crippen LogP contribution is -2.49. The Balaban J connectivity index is 1.43. The van der Waals surface area contributed by atoms with Gasteiger partial charge in [-0.25, -0.2) is 0 Å². The molecule has 0 radical (unpaired) electrons. The lowest BCUT2D eigenvalue weighted by Gasteiger charge is -2.36. The minimum atomic E-state index is 0.00432. The summed E-state index contributed by atoms with van der Waals surface area (Å²) < 4.78 is 0. The molecule has 1 aromatic carbocycles. The second-order valence-corrected chi connectivity index (χ2v) is 7.66. The number of aryl methyl sites for hydroxylation is 2. The molecule has 4 rings (SSSR count). The fourth-order valence-corrected chi connectivity index (χ4v) is 4.05. The highest BCUT2D eigenvalue weighted by Crippen LogP contribution is 2.25. The largest absolute Gasteiger partial charge is 0.368 e. The average molecular weight is 366 g/mol. The van der Waals surface area contributed by atoms with Crippen molar-refractivity contribution in [3.05, 3.63) is 58.6 Å². The van der Waals surface area contributed by atoms with Crippen molar-refractivity contribution in [2.45, 2.75) is 13.8 Å². The Hall–Kier alpha value is -2.60. The van der Waals surface area contributed by atoms with Crippen LogP contribution >= 0.6 is 11.3 Å². The number of anilines is 1. The Morgan fingerprint density at radius 2 is 1.92 bits per heavy atom. The van der Waals surface area contributed by atoms with Crippen molar-refractivity contribution in [1.82, 2.24) is 15.1 Å². The first kappa shape index (κ1) is 16.8. The zero-order chi connectivity index (χ0) is 18.1. The van der Waals surface area contributed by atoms with Crippen molar-refractivity contribution in [2.75, 3.05) is 31.1 Å². The number of carbonyl (C=O) groups is 1. The van der Waals surface area contributed by atoms with Crippen molar-refractivity contribution < 1.29 is 4.79 Å². The molecule has 1 N–H and O–H groups in total. The highest BCUT2D eigenvalue weighted by Gasteiger charge is 2.24. The van der Waals surface area contributed by atoms with Gasteiger partial charge in [-0.05, 0) is 48.6 Å². The number of benzene rings is 1. The molecular formula is C20H22N4OS. The van der Waals surface area contributed by atoms with Crippen LogP contribution in [0.3, 0.4) is 0 Å². The lowest BCUT2D eigenvalue weighted by atomic mass is 10.1. The number of H-pyrrole nitrogens is 1. The summed E-state index contributed by atoms with van der Waals surface area (Å²) in [6.45, 7) is 7.38. The second-order valence-electron chi connectivity index (χ2n) is 6.71. The van der Waals surface area contributed by atoms with Crippen LogP contribution in [0.1, 0.15) is 21.6 Å². The van der Waals surface area contributed by atoms with E-state index in [4.69, 9.17) is 0 Å². The molecule has 0 unspecified atom stereocenters. The number of hydrogen-bond donors (Lipinski definition) is 1. The predicted molar refractivity (Wildman–Crippen MR) is 106 cm³/mol. The first-order valence-electron chi connectivity index (χ1n) is 8.82. The molecule has 2 aromatic heterocycles. The van der Waals surface area contributed by atoms with Crippen LogP contribution in [0.5, 0.6) is 0 Å². The summed E-state index contributed by atoms with van der Waals surface area (Å²) in [5.74, 6) is 0.00432. The molecule has 1 saturated heterocycles. The Bertz CT molecular complexity index is 908. The van der Waals surface area contributed by atoms with Gasteiger partial charge < -0.3 is 9.80 Å². The number of nitrogens with one attached hydrogen (secondary N) is 1. The summed E-state index contributed by atoms with van der Waals surface area (Å²) in [6, 6.07) is 12.4. The SMILES string of the molecule is Cc1ccc(C)c(N2CCN(C(=O)c3cc(-c4cccs4)[nH]n3)CC2)c1. The topological polar surface area (TPSA) is 52.2 Å². The van der Waals surface area contributed by atoms with E-state index in [9.17, 15) is 4.79 Å². The van der Waals surface area contributed by atoms with Crippen LogP contribution in [0.4, 0.5) is 5.69 Å². The Kier molecular flexibility index (Phi) is 4.51. The van der Waals surface area contributed by atoms with Gasteiger partial charge in [0.05, 0.1) is 10.6 Å². The van der Waals surface area contributed by atoms with Gasteiger partial charge in [0.2, 0.25) is 0 Å². The van der Waals surface area contributed by atoms with Gasteiger partial charge >= 0.3 is 0 Å². The quantitative estimate of drug-likeness (QED) is 0.769. The number of rotatable bonds is 3. The fourth-order valence-electron chi connectivity index (χ4n) is 3.36.